The fourth-order valence-corrected chi connectivity index (χ4v) is 2.98. The first-order valence-electron chi connectivity index (χ1n) is 7.90. The molecule has 1 N–H and O–H groups in total. The number of rotatable bonds is 4. The SMILES string of the molecule is CC(C)(C)c1ccc(NCCC2CCCCC2)cc1. The Kier molecular flexibility index (Phi) is 4.90. The average Bonchev–Trinajstić information content (AvgIpc) is 2.39. The number of hydrogen-bond donors (Lipinski definition) is 1. The number of hydrogen-bond acceptors (Lipinski definition) is 1. The van der Waals surface area contributed by atoms with Gasteiger partial charge in [0.2, 0.25) is 0 Å². The predicted octanol–water partition coefficient (Wildman–Crippen LogP) is 5.37. The molecule has 1 aliphatic rings. The third-order valence-corrected chi connectivity index (χ3v) is 4.36. The van der Waals surface area contributed by atoms with Gasteiger partial charge < -0.3 is 5.32 Å². The maximum absolute atomic E-state index is 3.57. The Morgan fingerprint density at radius 2 is 1.63 bits per heavy atom. The smallest absolute Gasteiger partial charge is 0.0340 e. The number of nitrogens with one attached hydrogen (secondary N) is 1. The number of benzene rings is 1. The van der Waals surface area contributed by atoms with Gasteiger partial charge in [-0.2, -0.15) is 0 Å². The fourth-order valence-electron chi connectivity index (χ4n) is 2.98. The van der Waals surface area contributed by atoms with E-state index in [1.807, 2.05) is 0 Å². The summed E-state index contributed by atoms with van der Waals surface area (Å²) in [6.07, 6.45) is 8.59. The third-order valence-electron chi connectivity index (χ3n) is 4.36. The van der Waals surface area contributed by atoms with Gasteiger partial charge in [-0.05, 0) is 35.4 Å². The summed E-state index contributed by atoms with van der Waals surface area (Å²) in [7, 11) is 0. The summed E-state index contributed by atoms with van der Waals surface area (Å²) in [4.78, 5) is 0. The van der Waals surface area contributed by atoms with E-state index in [0.29, 0.717) is 0 Å². The van der Waals surface area contributed by atoms with E-state index in [2.05, 4.69) is 50.4 Å². The van der Waals surface area contributed by atoms with Crippen LogP contribution in [-0.2, 0) is 5.41 Å². The van der Waals surface area contributed by atoms with Crippen LogP contribution < -0.4 is 5.32 Å². The van der Waals surface area contributed by atoms with Crippen LogP contribution in [0.3, 0.4) is 0 Å². The molecular weight excluding hydrogens is 230 g/mol. The Morgan fingerprint density at radius 3 is 2.21 bits per heavy atom. The molecule has 0 heterocycles. The summed E-state index contributed by atoms with van der Waals surface area (Å²) in [6.45, 7) is 7.91. The Hall–Kier alpha value is -0.980. The molecule has 1 saturated carbocycles. The molecule has 106 valence electrons. The quantitative estimate of drug-likeness (QED) is 0.767. The van der Waals surface area contributed by atoms with Crippen LogP contribution in [0.25, 0.3) is 0 Å². The third kappa shape index (κ3) is 4.56. The van der Waals surface area contributed by atoms with Crippen LogP contribution in [0, 0.1) is 5.92 Å². The Balaban J connectivity index is 1.76. The minimum Gasteiger partial charge on any atom is -0.385 e. The highest BCUT2D eigenvalue weighted by Gasteiger charge is 2.14. The second kappa shape index (κ2) is 6.45. The first-order chi connectivity index (χ1) is 9.05. The molecule has 0 radical (unpaired) electrons. The van der Waals surface area contributed by atoms with Crippen LogP contribution in [0.15, 0.2) is 24.3 Å². The van der Waals surface area contributed by atoms with Crippen LogP contribution in [0.4, 0.5) is 5.69 Å². The van der Waals surface area contributed by atoms with E-state index in [0.717, 1.165) is 12.5 Å². The van der Waals surface area contributed by atoms with Crippen molar-refractivity contribution in [1.29, 1.82) is 0 Å². The Labute approximate surface area is 118 Å². The van der Waals surface area contributed by atoms with E-state index in [1.54, 1.807) is 0 Å². The molecule has 0 amide bonds. The molecule has 1 aromatic rings. The zero-order chi connectivity index (χ0) is 13.7. The van der Waals surface area contributed by atoms with Gasteiger partial charge in [0.25, 0.3) is 0 Å². The Bertz CT molecular complexity index is 366. The van der Waals surface area contributed by atoms with Crippen LogP contribution in [0.5, 0.6) is 0 Å². The van der Waals surface area contributed by atoms with E-state index in [9.17, 15) is 0 Å². The van der Waals surface area contributed by atoms with Crippen LogP contribution in [0.2, 0.25) is 0 Å². The molecule has 1 heteroatoms. The van der Waals surface area contributed by atoms with Gasteiger partial charge in [-0.15, -0.1) is 0 Å². The van der Waals surface area contributed by atoms with E-state index in [4.69, 9.17) is 0 Å². The van der Waals surface area contributed by atoms with Gasteiger partial charge in [0, 0.05) is 12.2 Å². The van der Waals surface area contributed by atoms with Crippen molar-refractivity contribution in [1.82, 2.24) is 0 Å². The van der Waals surface area contributed by atoms with Crippen LogP contribution in [0.1, 0.15) is 64.9 Å². The molecule has 0 spiro atoms. The normalized spacial score (nSPS) is 17.4. The van der Waals surface area contributed by atoms with Crippen molar-refractivity contribution in [3.63, 3.8) is 0 Å². The molecule has 0 saturated heterocycles. The lowest BCUT2D eigenvalue weighted by Crippen LogP contribution is -2.13. The van der Waals surface area contributed by atoms with Gasteiger partial charge >= 0.3 is 0 Å². The molecule has 2 rings (SSSR count). The zero-order valence-electron chi connectivity index (χ0n) is 12.8. The first kappa shape index (κ1) is 14.4. The second-order valence-electron chi connectivity index (χ2n) is 7.05. The predicted molar refractivity (Wildman–Crippen MR) is 84.8 cm³/mol. The summed E-state index contributed by atoms with van der Waals surface area (Å²) < 4.78 is 0. The molecular formula is C18H29N. The molecule has 1 aliphatic carbocycles. The van der Waals surface area contributed by atoms with Crippen LogP contribution in [-0.4, -0.2) is 6.54 Å². The minimum absolute atomic E-state index is 0.251. The Morgan fingerprint density at radius 1 is 1.00 bits per heavy atom. The molecule has 1 fully saturated rings. The van der Waals surface area contributed by atoms with Gasteiger partial charge in [-0.25, -0.2) is 0 Å². The van der Waals surface area contributed by atoms with Gasteiger partial charge in [0.15, 0.2) is 0 Å². The van der Waals surface area contributed by atoms with E-state index < -0.39 is 0 Å². The minimum atomic E-state index is 0.251. The lowest BCUT2D eigenvalue weighted by molar-refractivity contribution is 0.345. The molecule has 19 heavy (non-hydrogen) atoms. The monoisotopic (exact) mass is 259 g/mol. The first-order valence-corrected chi connectivity index (χ1v) is 7.90. The maximum Gasteiger partial charge on any atom is 0.0340 e. The van der Waals surface area contributed by atoms with E-state index in [-0.39, 0.29) is 5.41 Å². The molecule has 1 nitrogen and oxygen atoms in total. The topological polar surface area (TPSA) is 12.0 Å². The van der Waals surface area contributed by atoms with E-state index >= 15 is 0 Å². The van der Waals surface area contributed by atoms with Crippen molar-refractivity contribution in [3.05, 3.63) is 29.8 Å². The van der Waals surface area contributed by atoms with Crippen molar-refractivity contribution in [3.8, 4) is 0 Å². The molecule has 0 unspecified atom stereocenters. The molecule has 0 aliphatic heterocycles. The second-order valence-corrected chi connectivity index (χ2v) is 7.05. The van der Waals surface area contributed by atoms with Crippen molar-refractivity contribution in [2.24, 2.45) is 5.92 Å². The van der Waals surface area contributed by atoms with Gasteiger partial charge in [-0.1, -0.05) is 65.0 Å². The standard InChI is InChI=1S/C18H29N/c1-18(2,3)16-9-11-17(12-10-16)19-14-13-15-7-5-4-6-8-15/h9-12,15,19H,4-8,13-14H2,1-3H3. The van der Waals surface area contributed by atoms with Crippen molar-refractivity contribution in [2.75, 3.05) is 11.9 Å². The lowest BCUT2D eigenvalue weighted by Gasteiger charge is -2.22. The van der Waals surface area contributed by atoms with Crippen molar-refractivity contribution in [2.45, 2.75) is 64.7 Å². The lowest BCUT2D eigenvalue weighted by atomic mass is 9.86. The highest BCUT2D eigenvalue weighted by molar-refractivity contribution is 5.45. The summed E-state index contributed by atoms with van der Waals surface area (Å²) in [5, 5.41) is 3.57. The van der Waals surface area contributed by atoms with Gasteiger partial charge in [-0.3, -0.25) is 0 Å². The van der Waals surface area contributed by atoms with Crippen molar-refractivity contribution < 1.29 is 0 Å². The largest absolute Gasteiger partial charge is 0.385 e. The summed E-state index contributed by atoms with van der Waals surface area (Å²) in [5.41, 5.74) is 2.93. The van der Waals surface area contributed by atoms with Crippen molar-refractivity contribution >= 4 is 5.69 Å². The van der Waals surface area contributed by atoms with Gasteiger partial charge in [0.1, 0.15) is 0 Å². The summed E-state index contributed by atoms with van der Waals surface area (Å²) in [5.74, 6) is 0.968. The molecule has 1 aromatic carbocycles. The maximum atomic E-state index is 3.57. The number of anilines is 1. The molecule has 0 bridgehead atoms. The highest BCUT2D eigenvalue weighted by atomic mass is 14.9. The molecule has 0 aromatic heterocycles. The zero-order valence-corrected chi connectivity index (χ0v) is 12.8. The van der Waals surface area contributed by atoms with Gasteiger partial charge in [0.05, 0.1) is 0 Å². The average molecular weight is 259 g/mol. The van der Waals surface area contributed by atoms with Crippen LogP contribution >= 0.6 is 0 Å². The fraction of sp³-hybridized carbons (Fsp3) is 0.667. The highest BCUT2D eigenvalue weighted by Crippen LogP contribution is 2.27. The van der Waals surface area contributed by atoms with E-state index in [1.165, 1.54) is 49.8 Å². The molecule has 0 atom stereocenters. The summed E-state index contributed by atoms with van der Waals surface area (Å²) in [6, 6.07) is 8.95. The summed E-state index contributed by atoms with van der Waals surface area (Å²) >= 11 is 0.